The van der Waals surface area contributed by atoms with Crippen LogP contribution in [0.3, 0.4) is 0 Å². The number of hydrogen-bond acceptors (Lipinski definition) is 1. The predicted octanol–water partition coefficient (Wildman–Crippen LogP) is 11.9. The lowest BCUT2D eigenvalue weighted by Crippen LogP contribution is -2.25. The summed E-state index contributed by atoms with van der Waals surface area (Å²) in [5, 5.41) is 6.02. The van der Waals surface area contributed by atoms with Crippen LogP contribution in [0.2, 0.25) is 5.02 Å². The molecule has 0 aliphatic rings. The molecular weight excluding hydrogens is 532 g/mol. The second-order valence-corrected chi connectivity index (χ2v) is 13.9. The first-order valence-corrected chi connectivity index (χ1v) is 15.7. The summed E-state index contributed by atoms with van der Waals surface area (Å²) in [4.78, 5) is 0. The van der Waals surface area contributed by atoms with Crippen LogP contribution in [0.1, 0.15) is 94.2 Å². The van der Waals surface area contributed by atoms with Crippen molar-refractivity contribution in [2.75, 3.05) is 6.61 Å². The van der Waals surface area contributed by atoms with Gasteiger partial charge in [-0.2, -0.15) is 0 Å². The third-order valence-electron chi connectivity index (χ3n) is 9.30. The molecule has 5 aromatic carbocycles. The maximum Gasteiger partial charge on any atom is 0.0803 e. The lowest BCUT2D eigenvalue weighted by Gasteiger charge is -2.29. The first-order valence-electron chi connectivity index (χ1n) is 15.4. The molecule has 0 aromatic heterocycles. The molecule has 0 aliphatic heterocycles. The van der Waals surface area contributed by atoms with Crippen LogP contribution in [0.5, 0.6) is 0 Å². The summed E-state index contributed by atoms with van der Waals surface area (Å²) < 4.78 is 6.70. The molecule has 0 aliphatic carbocycles. The molecule has 0 bridgehead atoms. The highest BCUT2D eigenvalue weighted by molar-refractivity contribution is 6.31. The zero-order valence-electron chi connectivity index (χ0n) is 26.3. The van der Waals surface area contributed by atoms with Gasteiger partial charge >= 0.3 is 0 Å². The van der Waals surface area contributed by atoms with E-state index in [1.807, 2.05) is 12.1 Å². The van der Waals surface area contributed by atoms with Crippen LogP contribution in [-0.4, -0.2) is 6.61 Å². The summed E-state index contributed by atoms with van der Waals surface area (Å²) in [6.45, 7) is 16.6. The maximum atomic E-state index is 6.70. The Morgan fingerprint density at radius 3 is 2.21 bits per heavy atom. The van der Waals surface area contributed by atoms with Crippen molar-refractivity contribution in [3.63, 3.8) is 0 Å². The minimum absolute atomic E-state index is 0.00949. The normalized spacial score (nSPS) is 13.9. The van der Waals surface area contributed by atoms with Gasteiger partial charge in [-0.1, -0.05) is 137 Å². The largest absolute Gasteiger partial charge is 0.373 e. The predicted molar refractivity (Wildman–Crippen MR) is 182 cm³/mol. The van der Waals surface area contributed by atoms with Gasteiger partial charge in [0.05, 0.1) is 12.7 Å². The van der Waals surface area contributed by atoms with Crippen LogP contribution in [-0.2, 0) is 15.6 Å². The first-order chi connectivity index (χ1) is 20.0. The summed E-state index contributed by atoms with van der Waals surface area (Å²) in [5.74, 6) is 0.416. The fourth-order valence-electron chi connectivity index (χ4n) is 6.23. The van der Waals surface area contributed by atoms with E-state index in [-0.39, 0.29) is 16.9 Å². The number of halogens is 1. The molecule has 0 radical (unpaired) electrons. The maximum absolute atomic E-state index is 6.70. The molecule has 2 atom stereocenters. The molecule has 0 heterocycles. The standard InChI is InChI=1S/C40H45ClO/c1-27(21-22-39(4,5)37-17-10-11-18-38(37)41)32-23-31-14-8-9-16-34(31)36(24-32)29(3)42-26-40(6,7)33-20-19-30-15-12-13-28(2)35(30)25-33/h8-20,23-25,27,29H,21-22,26H2,1-7H3. The minimum Gasteiger partial charge on any atom is -0.373 e. The highest BCUT2D eigenvalue weighted by Gasteiger charge is 2.26. The third-order valence-corrected chi connectivity index (χ3v) is 9.63. The van der Waals surface area contributed by atoms with Gasteiger partial charge in [-0.05, 0) is 93.5 Å². The van der Waals surface area contributed by atoms with Gasteiger partial charge in [-0.15, -0.1) is 0 Å². The fourth-order valence-corrected chi connectivity index (χ4v) is 6.62. The van der Waals surface area contributed by atoms with E-state index in [1.165, 1.54) is 49.4 Å². The molecule has 5 rings (SSSR count). The van der Waals surface area contributed by atoms with Crippen LogP contribution in [0.25, 0.3) is 21.5 Å². The Morgan fingerprint density at radius 2 is 1.43 bits per heavy atom. The van der Waals surface area contributed by atoms with Gasteiger partial charge in [0.1, 0.15) is 0 Å². The fraction of sp³-hybridized carbons (Fsp3) is 0.350. The van der Waals surface area contributed by atoms with Crippen LogP contribution >= 0.6 is 11.6 Å². The molecule has 0 saturated carbocycles. The Morgan fingerprint density at radius 1 is 0.714 bits per heavy atom. The average molecular weight is 577 g/mol. The molecule has 5 aromatic rings. The average Bonchev–Trinajstić information content (AvgIpc) is 2.98. The topological polar surface area (TPSA) is 9.23 Å². The van der Waals surface area contributed by atoms with Gasteiger partial charge in [0.2, 0.25) is 0 Å². The van der Waals surface area contributed by atoms with E-state index in [4.69, 9.17) is 16.3 Å². The Balaban J connectivity index is 1.36. The number of fused-ring (bicyclic) bond motifs is 2. The van der Waals surface area contributed by atoms with Crippen LogP contribution in [0.15, 0.2) is 97.1 Å². The SMILES string of the molecule is Cc1cccc2ccc(C(C)(C)COC(C)c3cc(C(C)CCC(C)(C)c4ccccc4Cl)cc4ccccc34)cc12. The van der Waals surface area contributed by atoms with Gasteiger partial charge in [-0.3, -0.25) is 0 Å². The molecule has 42 heavy (non-hydrogen) atoms. The first kappa shape index (κ1) is 30.3. The molecule has 218 valence electrons. The zero-order chi connectivity index (χ0) is 30.1. The Bertz CT molecular complexity index is 1700. The van der Waals surface area contributed by atoms with Gasteiger partial charge in [-0.25, -0.2) is 0 Å². The molecule has 0 saturated heterocycles. The van der Waals surface area contributed by atoms with E-state index in [9.17, 15) is 0 Å². The zero-order valence-corrected chi connectivity index (χ0v) is 27.1. The van der Waals surface area contributed by atoms with E-state index in [0.29, 0.717) is 12.5 Å². The highest BCUT2D eigenvalue weighted by atomic mass is 35.5. The molecular formula is C40H45ClO. The summed E-state index contributed by atoms with van der Waals surface area (Å²) >= 11 is 6.58. The van der Waals surface area contributed by atoms with Gasteiger partial charge in [0, 0.05) is 10.4 Å². The second kappa shape index (κ2) is 12.2. The molecule has 1 nitrogen and oxygen atoms in total. The monoisotopic (exact) mass is 576 g/mol. The minimum atomic E-state index is -0.115. The molecule has 0 spiro atoms. The quantitative estimate of drug-likeness (QED) is 0.161. The van der Waals surface area contributed by atoms with Crippen LogP contribution in [0, 0.1) is 6.92 Å². The van der Waals surface area contributed by atoms with Crippen LogP contribution in [0.4, 0.5) is 0 Å². The Kier molecular flexibility index (Phi) is 8.83. The van der Waals surface area contributed by atoms with Crippen LogP contribution < -0.4 is 0 Å². The smallest absolute Gasteiger partial charge is 0.0803 e. The van der Waals surface area contributed by atoms with E-state index in [2.05, 4.69) is 133 Å². The number of aryl methyl sites for hydroxylation is 1. The highest BCUT2D eigenvalue weighted by Crippen LogP contribution is 2.38. The van der Waals surface area contributed by atoms with Gasteiger partial charge in [0.15, 0.2) is 0 Å². The number of ether oxygens (including phenoxy) is 1. The van der Waals surface area contributed by atoms with Crippen molar-refractivity contribution in [1.82, 2.24) is 0 Å². The van der Waals surface area contributed by atoms with Gasteiger partial charge < -0.3 is 4.74 Å². The summed E-state index contributed by atoms with van der Waals surface area (Å²) in [7, 11) is 0. The van der Waals surface area contributed by atoms with Crippen molar-refractivity contribution < 1.29 is 4.74 Å². The molecule has 0 fully saturated rings. The van der Waals surface area contributed by atoms with E-state index in [1.54, 1.807) is 0 Å². The molecule has 2 unspecified atom stereocenters. The van der Waals surface area contributed by atoms with Crippen molar-refractivity contribution >= 4 is 33.1 Å². The third kappa shape index (κ3) is 6.43. The summed E-state index contributed by atoms with van der Waals surface area (Å²) in [6, 6.07) is 35.1. The lowest BCUT2D eigenvalue weighted by molar-refractivity contribution is 0.0364. The lowest BCUT2D eigenvalue weighted by atomic mass is 9.77. The second-order valence-electron chi connectivity index (χ2n) is 13.5. The number of rotatable bonds is 10. The summed E-state index contributed by atoms with van der Waals surface area (Å²) in [5.41, 5.74) is 6.38. The van der Waals surface area contributed by atoms with Crippen molar-refractivity contribution in [2.45, 2.75) is 84.2 Å². The van der Waals surface area contributed by atoms with Crippen molar-refractivity contribution in [3.8, 4) is 0 Å². The Labute approximate surface area is 257 Å². The van der Waals surface area contributed by atoms with E-state index < -0.39 is 0 Å². The molecule has 0 N–H and O–H groups in total. The molecule has 0 amide bonds. The van der Waals surface area contributed by atoms with Crippen molar-refractivity contribution in [3.05, 3.63) is 130 Å². The molecule has 2 heteroatoms. The Hall–Kier alpha value is -3.13. The summed E-state index contributed by atoms with van der Waals surface area (Å²) in [6.07, 6.45) is 2.12. The van der Waals surface area contributed by atoms with E-state index >= 15 is 0 Å². The number of benzene rings is 5. The van der Waals surface area contributed by atoms with Crippen molar-refractivity contribution in [2.24, 2.45) is 0 Å². The van der Waals surface area contributed by atoms with Gasteiger partial charge in [0.25, 0.3) is 0 Å². The van der Waals surface area contributed by atoms with E-state index in [0.717, 1.165) is 17.9 Å². The van der Waals surface area contributed by atoms with Crippen molar-refractivity contribution in [1.29, 1.82) is 0 Å². The number of hydrogen-bond donors (Lipinski definition) is 0.